The van der Waals surface area contributed by atoms with E-state index in [9.17, 15) is 14.4 Å². The summed E-state index contributed by atoms with van der Waals surface area (Å²) < 4.78 is 9.28. The van der Waals surface area contributed by atoms with Crippen molar-refractivity contribution in [3.63, 3.8) is 0 Å². The summed E-state index contributed by atoms with van der Waals surface area (Å²) in [5.74, 6) is -1.79. The lowest BCUT2D eigenvalue weighted by Crippen LogP contribution is -2.29. The second-order valence-electron chi connectivity index (χ2n) is 2.79. The fraction of sp³-hybridized carbons (Fsp3) is 0.444. The molecule has 1 rings (SSSR count). The van der Waals surface area contributed by atoms with E-state index in [1.165, 1.54) is 19.3 Å². The summed E-state index contributed by atoms with van der Waals surface area (Å²) in [6.45, 7) is 0. The molecule has 1 aliphatic rings. The van der Waals surface area contributed by atoms with Crippen molar-refractivity contribution in [2.75, 3.05) is 7.11 Å². The molecule has 5 heteroatoms. The van der Waals surface area contributed by atoms with E-state index in [4.69, 9.17) is 4.74 Å². The molecule has 0 radical (unpaired) electrons. The van der Waals surface area contributed by atoms with Crippen molar-refractivity contribution in [3.8, 4) is 0 Å². The van der Waals surface area contributed by atoms with E-state index < -0.39 is 24.0 Å². The number of hydrogen-bond donors (Lipinski definition) is 0. The van der Waals surface area contributed by atoms with Crippen LogP contribution in [0.25, 0.3) is 0 Å². The van der Waals surface area contributed by atoms with Gasteiger partial charge in [0.2, 0.25) is 0 Å². The number of rotatable bonds is 4. The Morgan fingerprint density at radius 1 is 1.79 bits per heavy atom. The monoisotopic (exact) mass is 198 g/mol. The molecule has 2 atom stereocenters. The van der Waals surface area contributed by atoms with Crippen LogP contribution >= 0.6 is 0 Å². The molecule has 0 aliphatic carbocycles. The molecule has 1 aliphatic heterocycles. The van der Waals surface area contributed by atoms with E-state index >= 15 is 0 Å². The van der Waals surface area contributed by atoms with Crippen molar-refractivity contribution in [1.29, 1.82) is 0 Å². The van der Waals surface area contributed by atoms with Crippen LogP contribution in [-0.2, 0) is 23.9 Å². The first-order chi connectivity index (χ1) is 6.69. The maximum atomic E-state index is 11.2. The largest absolute Gasteiger partial charge is 0.469 e. The highest BCUT2D eigenvalue weighted by molar-refractivity contribution is 5.86. The van der Waals surface area contributed by atoms with Crippen molar-refractivity contribution in [2.24, 2.45) is 5.92 Å². The number of methoxy groups -OCH3 is 1. The number of carbonyl (C=O) groups is 3. The molecule has 14 heavy (non-hydrogen) atoms. The lowest BCUT2D eigenvalue weighted by atomic mass is 10.00. The minimum atomic E-state index is -0.736. The molecule has 0 aromatic heterocycles. The van der Waals surface area contributed by atoms with Gasteiger partial charge in [-0.25, -0.2) is 4.79 Å². The van der Waals surface area contributed by atoms with Crippen LogP contribution in [0.2, 0.25) is 0 Å². The zero-order valence-electron chi connectivity index (χ0n) is 7.64. The van der Waals surface area contributed by atoms with Crippen LogP contribution in [-0.4, -0.2) is 31.4 Å². The Labute approximate surface area is 80.7 Å². The maximum absolute atomic E-state index is 11.2. The topological polar surface area (TPSA) is 69.7 Å². The average molecular weight is 198 g/mol. The molecule has 2 unspecified atom stereocenters. The first-order valence-electron chi connectivity index (χ1n) is 4.09. The molecule has 76 valence electrons. The van der Waals surface area contributed by atoms with Gasteiger partial charge >= 0.3 is 11.9 Å². The van der Waals surface area contributed by atoms with Crippen molar-refractivity contribution >= 4 is 18.2 Å². The van der Waals surface area contributed by atoms with E-state index in [0.717, 1.165) is 0 Å². The third kappa shape index (κ3) is 2.18. The van der Waals surface area contributed by atoms with Crippen LogP contribution in [0.5, 0.6) is 0 Å². The lowest BCUT2D eigenvalue weighted by Gasteiger charge is -2.16. The maximum Gasteiger partial charge on any atom is 0.331 e. The highest BCUT2D eigenvalue weighted by atomic mass is 16.6. The van der Waals surface area contributed by atoms with Crippen molar-refractivity contribution in [3.05, 3.63) is 12.2 Å². The van der Waals surface area contributed by atoms with Crippen molar-refractivity contribution < 1.29 is 23.9 Å². The summed E-state index contributed by atoms with van der Waals surface area (Å²) in [5, 5.41) is 0. The van der Waals surface area contributed by atoms with E-state index in [1.54, 1.807) is 0 Å². The summed E-state index contributed by atoms with van der Waals surface area (Å²) in [6.07, 6.45) is 2.58. The smallest absolute Gasteiger partial charge is 0.331 e. The number of aldehydes is 1. The molecule has 0 amide bonds. The van der Waals surface area contributed by atoms with Crippen LogP contribution in [0.4, 0.5) is 0 Å². The van der Waals surface area contributed by atoms with Gasteiger partial charge in [-0.3, -0.25) is 4.79 Å². The zero-order valence-corrected chi connectivity index (χ0v) is 7.64. The van der Waals surface area contributed by atoms with Gasteiger partial charge < -0.3 is 14.3 Å². The minimum absolute atomic E-state index is 0.0189. The van der Waals surface area contributed by atoms with Gasteiger partial charge in [0.15, 0.2) is 0 Å². The molecule has 1 heterocycles. The van der Waals surface area contributed by atoms with Crippen LogP contribution in [0, 0.1) is 5.92 Å². The van der Waals surface area contributed by atoms with E-state index in [-0.39, 0.29) is 6.42 Å². The van der Waals surface area contributed by atoms with Crippen LogP contribution < -0.4 is 0 Å². The Morgan fingerprint density at radius 3 is 2.93 bits per heavy atom. The SMILES string of the molecule is COC(=O)C(CC=O)C1C=CC(=O)O1. The molecule has 0 fully saturated rings. The number of cyclic esters (lactones) is 1. The third-order valence-electron chi connectivity index (χ3n) is 1.92. The Morgan fingerprint density at radius 2 is 2.50 bits per heavy atom. The predicted octanol–water partition coefficient (Wildman–Crippen LogP) is -0.154. The number of ether oxygens (including phenoxy) is 2. The molecule has 0 spiro atoms. The van der Waals surface area contributed by atoms with Crippen LogP contribution in [0.15, 0.2) is 12.2 Å². The van der Waals surface area contributed by atoms with Crippen LogP contribution in [0.1, 0.15) is 6.42 Å². The van der Waals surface area contributed by atoms with Gasteiger partial charge in [-0.05, 0) is 6.08 Å². The minimum Gasteiger partial charge on any atom is -0.469 e. The molecule has 0 aromatic rings. The van der Waals surface area contributed by atoms with Crippen molar-refractivity contribution in [1.82, 2.24) is 0 Å². The summed E-state index contributed by atoms with van der Waals surface area (Å²) in [6, 6.07) is 0. The molecular formula is C9H10O5. The zero-order chi connectivity index (χ0) is 10.6. The van der Waals surface area contributed by atoms with Gasteiger partial charge in [-0.1, -0.05) is 0 Å². The summed E-state index contributed by atoms with van der Waals surface area (Å²) >= 11 is 0. The van der Waals surface area contributed by atoms with Gasteiger partial charge in [-0.15, -0.1) is 0 Å². The Balaban J connectivity index is 2.68. The average Bonchev–Trinajstić information content (AvgIpc) is 2.60. The normalized spacial score (nSPS) is 21.5. The molecule has 0 saturated carbocycles. The van der Waals surface area contributed by atoms with Crippen molar-refractivity contribution in [2.45, 2.75) is 12.5 Å². The first kappa shape index (κ1) is 10.4. The van der Waals surface area contributed by atoms with Gasteiger partial charge in [0.25, 0.3) is 0 Å². The second kappa shape index (κ2) is 4.55. The molecule has 0 bridgehead atoms. The first-order valence-corrected chi connectivity index (χ1v) is 4.09. The second-order valence-corrected chi connectivity index (χ2v) is 2.79. The standard InChI is InChI=1S/C9H10O5/c1-13-9(12)6(4-5-10)7-2-3-8(11)14-7/h2-3,5-7H,4H2,1H3. The lowest BCUT2D eigenvalue weighted by molar-refractivity contribution is -0.154. The Kier molecular flexibility index (Phi) is 3.39. The van der Waals surface area contributed by atoms with E-state index in [0.29, 0.717) is 6.29 Å². The number of hydrogen-bond acceptors (Lipinski definition) is 5. The highest BCUT2D eigenvalue weighted by Gasteiger charge is 2.32. The predicted molar refractivity (Wildman–Crippen MR) is 45.2 cm³/mol. The molecule has 0 saturated heterocycles. The van der Waals surface area contributed by atoms with E-state index in [1.807, 2.05) is 0 Å². The fourth-order valence-corrected chi connectivity index (χ4v) is 1.22. The Hall–Kier alpha value is -1.65. The third-order valence-corrected chi connectivity index (χ3v) is 1.92. The fourth-order valence-electron chi connectivity index (χ4n) is 1.22. The molecule has 0 aromatic carbocycles. The highest BCUT2D eigenvalue weighted by Crippen LogP contribution is 2.19. The summed E-state index contributed by atoms with van der Waals surface area (Å²) in [7, 11) is 1.22. The quantitative estimate of drug-likeness (QED) is 0.464. The number of esters is 2. The molecule has 5 nitrogen and oxygen atoms in total. The summed E-state index contributed by atoms with van der Waals surface area (Å²) in [5.41, 5.74) is 0. The molecule has 0 N–H and O–H groups in total. The van der Waals surface area contributed by atoms with Gasteiger partial charge in [0, 0.05) is 12.5 Å². The van der Waals surface area contributed by atoms with Gasteiger partial charge in [-0.2, -0.15) is 0 Å². The van der Waals surface area contributed by atoms with Gasteiger partial charge in [0.05, 0.1) is 7.11 Å². The Bertz CT molecular complexity index is 281. The van der Waals surface area contributed by atoms with E-state index in [2.05, 4.69) is 4.74 Å². The van der Waals surface area contributed by atoms with Crippen LogP contribution in [0.3, 0.4) is 0 Å². The summed E-state index contributed by atoms with van der Waals surface area (Å²) in [4.78, 5) is 32.2. The molecular weight excluding hydrogens is 188 g/mol. The number of carbonyl (C=O) groups excluding carboxylic acids is 3. The van der Waals surface area contributed by atoms with Gasteiger partial charge in [0.1, 0.15) is 18.3 Å².